The molecule has 178 valence electrons. The second kappa shape index (κ2) is 7.23. The van der Waals surface area contributed by atoms with E-state index in [0.29, 0.717) is 0 Å². The van der Waals surface area contributed by atoms with Gasteiger partial charge in [-0.05, 0) is 68.5 Å². The number of thioether (sulfide) groups is 1. The number of anilines is 2. The summed E-state index contributed by atoms with van der Waals surface area (Å²) < 4.78 is 0. The first kappa shape index (κ1) is 22.4. The van der Waals surface area contributed by atoms with Gasteiger partial charge in [0.15, 0.2) is 0 Å². The number of hydrogen-bond donors (Lipinski definition) is 0. The van der Waals surface area contributed by atoms with Gasteiger partial charge >= 0.3 is 0 Å². The predicted molar refractivity (Wildman–Crippen MR) is 143 cm³/mol. The number of fused-ring (bicyclic) bond motifs is 1. The van der Waals surface area contributed by atoms with Crippen LogP contribution in [0.1, 0.15) is 55.0 Å². The zero-order valence-corrected chi connectivity index (χ0v) is 21.7. The molecule has 0 N–H and O–H groups in total. The van der Waals surface area contributed by atoms with E-state index in [9.17, 15) is 9.59 Å². The van der Waals surface area contributed by atoms with E-state index in [1.165, 1.54) is 22.9 Å². The first-order valence-electron chi connectivity index (χ1n) is 12.2. The van der Waals surface area contributed by atoms with Gasteiger partial charge in [0.05, 0.1) is 11.4 Å². The van der Waals surface area contributed by atoms with Crippen LogP contribution >= 0.6 is 11.8 Å². The molecule has 0 aliphatic carbocycles. The van der Waals surface area contributed by atoms with Crippen LogP contribution in [0.25, 0.3) is 0 Å². The number of carbonyl (C=O) groups is 2. The summed E-state index contributed by atoms with van der Waals surface area (Å²) in [5, 5.41) is 0. The Morgan fingerprint density at radius 3 is 2.23 bits per heavy atom. The van der Waals surface area contributed by atoms with E-state index < -0.39 is 10.4 Å². The molecule has 1 fully saturated rings. The highest BCUT2D eigenvalue weighted by Crippen LogP contribution is 2.62. The lowest BCUT2D eigenvalue weighted by molar-refractivity contribution is -0.124. The fourth-order valence-electron chi connectivity index (χ4n) is 6.57. The lowest BCUT2D eigenvalue weighted by Crippen LogP contribution is -2.58. The number of para-hydroxylation sites is 1. The van der Waals surface area contributed by atoms with Crippen molar-refractivity contribution in [3.63, 3.8) is 0 Å². The molecule has 35 heavy (non-hydrogen) atoms. The largest absolute Gasteiger partial charge is 0.303 e. The Labute approximate surface area is 211 Å². The van der Waals surface area contributed by atoms with Crippen LogP contribution in [-0.4, -0.2) is 23.1 Å². The van der Waals surface area contributed by atoms with Gasteiger partial charge in [0.2, 0.25) is 10.8 Å². The first-order chi connectivity index (χ1) is 16.6. The maximum atomic E-state index is 14.6. The van der Waals surface area contributed by atoms with E-state index in [2.05, 4.69) is 77.1 Å². The molecule has 0 bridgehead atoms. The molecule has 2 amide bonds. The molecular weight excluding hydrogens is 452 g/mol. The van der Waals surface area contributed by atoms with E-state index in [1.807, 2.05) is 29.2 Å². The van der Waals surface area contributed by atoms with E-state index in [4.69, 9.17) is 0 Å². The Balaban J connectivity index is 1.63. The van der Waals surface area contributed by atoms with Gasteiger partial charge in [-0.15, -0.1) is 11.8 Å². The molecule has 1 saturated heterocycles. The summed E-state index contributed by atoms with van der Waals surface area (Å²) in [6.07, 6.45) is 0.796. The minimum Gasteiger partial charge on any atom is -0.303 e. The Morgan fingerprint density at radius 1 is 0.800 bits per heavy atom. The van der Waals surface area contributed by atoms with Crippen molar-refractivity contribution >= 4 is 35.0 Å². The van der Waals surface area contributed by atoms with Crippen molar-refractivity contribution in [2.45, 2.75) is 56.9 Å². The fraction of sp³-hybridized carbons (Fsp3) is 0.333. The normalized spacial score (nSPS) is 26.5. The third kappa shape index (κ3) is 2.82. The van der Waals surface area contributed by atoms with Gasteiger partial charge in [0, 0.05) is 22.2 Å². The molecule has 0 unspecified atom stereocenters. The van der Waals surface area contributed by atoms with Gasteiger partial charge in [-0.3, -0.25) is 14.5 Å². The van der Waals surface area contributed by atoms with Crippen LogP contribution in [0.3, 0.4) is 0 Å². The molecule has 0 saturated carbocycles. The van der Waals surface area contributed by atoms with E-state index in [-0.39, 0.29) is 23.0 Å². The Morgan fingerprint density at radius 2 is 1.51 bits per heavy atom. The molecule has 2 atom stereocenters. The number of rotatable bonds is 2. The van der Waals surface area contributed by atoms with Gasteiger partial charge in [0.1, 0.15) is 0 Å². The Bertz CT molecular complexity index is 1400. The molecule has 0 radical (unpaired) electrons. The molecule has 3 heterocycles. The summed E-state index contributed by atoms with van der Waals surface area (Å²) in [6.45, 7) is 10.7. The molecule has 3 aromatic carbocycles. The van der Waals surface area contributed by atoms with Crippen LogP contribution in [0, 0.1) is 13.8 Å². The Kier molecular flexibility index (Phi) is 4.63. The second-order valence-corrected chi connectivity index (χ2v) is 12.1. The summed E-state index contributed by atoms with van der Waals surface area (Å²) in [6, 6.07) is 22.9. The number of amides is 2. The van der Waals surface area contributed by atoms with Crippen molar-refractivity contribution < 1.29 is 9.59 Å². The summed E-state index contributed by atoms with van der Waals surface area (Å²) in [7, 11) is 0. The molecule has 3 aliphatic rings. The topological polar surface area (TPSA) is 40.6 Å². The van der Waals surface area contributed by atoms with E-state index in [1.54, 1.807) is 4.90 Å². The highest BCUT2D eigenvalue weighted by atomic mass is 32.2. The van der Waals surface area contributed by atoms with Crippen molar-refractivity contribution in [3.8, 4) is 0 Å². The van der Waals surface area contributed by atoms with Crippen molar-refractivity contribution in [1.29, 1.82) is 0 Å². The summed E-state index contributed by atoms with van der Waals surface area (Å²) in [5.41, 5.74) is 6.72. The third-order valence-electron chi connectivity index (χ3n) is 8.23. The molecule has 3 aliphatic heterocycles. The molecule has 3 aromatic rings. The van der Waals surface area contributed by atoms with E-state index >= 15 is 0 Å². The monoisotopic (exact) mass is 482 g/mol. The number of carbonyl (C=O) groups excluding carboxylic acids is 2. The fourth-order valence-corrected chi connectivity index (χ4v) is 7.90. The number of hydrogen-bond acceptors (Lipinski definition) is 3. The van der Waals surface area contributed by atoms with Crippen molar-refractivity contribution in [2.75, 3.05) is 15.6 Å². The van der Waals surface area contributed by atoms with Crippen molar-refractivity contribution in [1.82, 2.24) is 0 Å². The summed E-state index contributed by atoms with van der Waals surface area (Å²) >= 11 is 1.46. The standard InChI is InChI=1S/C30H30N2O2S/c1-19-14-15-22(16-20(19)2)31-25(33)17-35-30(31)24-13-9-12-23-26(24)32(27(30)34)28(3,4)18-29(23,5)21-10-7-6-8-11-21/h6-16H,17-18H2,1-5H3/t29-,30-/m0/s1. The lowest BCUT2D eigenvalue weighted by atomic mass is 9.65. The van der Waals surface area contributed by atoms with Crippen molar-refractivity contribution in [2.24, 2.45) is 0 Å². The zero-order valence-electron chi connectivity index (χ0n) is 20.9. The number of aryl methyl sites for hydroxylation is 2. The maximum Gasteiger partial charge on any atom is 0.269 e. The SMILES string of the molecule is Cc1ccc(N2C(=O)CS[C@@]23C(=O)N2c4c(cccc43)[C@](C)(c3ccccc3)CC2(C)C)cc1C. The van der Waals surface area contributed by atoms with Crippen LogP contribution in [0.2, 0.25) is 0 Å². The van der Waals surface area contributed by atoms with Gasteiger partial charge < -0.3 is 4.90 Å². The van der Waals surface area contributed by atoms with Crippen LogP contribution in [0.4, 0.5) is 11.4 Å². The highest BCUT2D eigenvalue weighted by molar-refractivity contribution is 8.02. The van der Waals surface area contributed by atoms with Crippen LogP contribution < -0.4 is 9.80 Å². The number of nitrogens with zero attached hydrogens (tertiary/aromatic N) is 2. The molecule has 5 heteroatoms. The highest BCUT2D eigenvalue weighted by Gasteiger charge is 2.65. The molecule has 6 rings (SSSR count). The van der Waals surface area contributed by atoms with E-state index in [0.717, 1.165) is 34.5 Å². The third-order valence-corrected chi connectivity index (χ3v) is 9.62. The van der Waals surface area contributed by atoms with Crippen LogP contribution in [-0.2, 0) is 19.9 Å². The van der Waals surface area contributed by atoms with Gasteiger partial charge in [-0.2, -0.15) is 0 Å². The van der Waals surface area contributed by atoms with Crippen LogP contribution in [0.5, 0.6) is 0 Å². The van der Waals surface area contributed by atoms with Gasteiger partial charge in [-0.1, -0.05) is 61.5 Å². The molecule has 1 spiro atoms. The van der Waals surface area contributed by atoms with Gasteiger partial charge in [0.25, 0.3) is 5.91 Å². The smallest absolute Gasteiger partial charge is 0.269 e. The minimum absolute atomic E-state index is 0.00543. The number of benzene rings is 3. The van der Waals surface area contributed by atoms with Crippen LogP contribution in [0.15, 0.2) is 66.7 Å². The van der Waals surface area contributed by atoms with Gasteiger partial charge in [-0.25, -0.2) is 0 Å². The average Bonchev–Trinajstić information content (AvgIpc) is 3.30. The lowest BCUT2D eigenvalue weighted by Gasteiger charge is -2.50. The Hall–Kier alpha value is -3.05. The van der Waals surface area contributed by atoms with Crippen molar-refractivity contribution in [3.05, 3.63) is 94.5 Å². The second-order valence-electron chi connectivity index (χ2n) is 11.0. The zero-order chi connectivity index (χ0) is 24.8. The first-order valence-corrected chi connectivity index (χ1v) is 13.2. The predicted octanol–water partition coefficient (Wildman–Crippen LogP) is 6.07. The quantitative estimate of drug-likeness (QED) is 0.445. The minimum atomic E-state index is -1.08. The summed E-state index contributed by atoms with van der Waals surface area (Å²) in [5.74, 6) is 0.258. The summed E-state index contributed by atoms with van der Waals surface area (Å²) in [4.78, 5) is 30.7. The molecular formula is C30H30N2O2S. The molecule has 4 nitrogen and oxygen atoms in total. The molecule has 0 aromatic heterocycles. The maximum absolute atomic E-state index is 14.6. The average molecular weight is 483 g/mol.